The topological polar surface area (TPSA) is 0 Å². The predicted octanol–water partition coefficient (Wildman–Crippen LogP) is 3.78. The van der Waals surface area contributed by atoms with Gasteiger partial charge in [0, 0.05) is 0 Å². The van der Waals surface area contributed by atoms with Crippen LogP contribution in [-0.2, 0) is 12.8 Å². The molecule has 78 valence electrons. The normalized spacial score (nSPS) is 8.40. The van der Waals surface area contributed by atoms with Gasteiger partial charge < -0.3 is 0 Å². The van der Waals surface area contributed by atoms with Gasteiger partial charge in [0.1, 0.15) is 0 Å². The predicted molar refractivity (Wildman–Crippen MR) is 68.8 cm³/mol. The van der Waals surface area contributed by atoms with E-state index in [1.54, 1.807) is 0 Å². The van der Waals surface area contributed by atoms with Gasteiger partial charge in [-0.15, -0.1) is 26.0 Å². The van der Waals surface area contributed by atoms with Gasteiger partial charge in [0.15, 0.2) is 0 Å². The number of hydrogen-bond acceptors (Lipinski definition) is 0. The third-order valence-corrected chi connectivity index (χ3v) is 2.10. The van der Waals surface area contributed by atoms with Crippen LogP contribution in [0, 0.1) is 12.8 Å². The molecule has 1 aromatic carbocycles. The van der Waals surface area contributed by atoms with Crippen molar-refractivity contribution in [1.82, 2.24) is 0 Å². The first-order valence-electron chi connectivity index (χ1n) is 5.00. The monoisotopic (exact) mass is 198 g/mol. The third-order valence-electron chi connectivity index (χ3n) is 2.10. The van der Waals surface area contributed by atoms with Crippen LogP contribution in [0.2, 0.25) is 0 Å². The highest BCUT2D eigenvalue weighted by Crippen LogP contribution is 2.12. The van der Waals surface area contributed by atoms with Crippen LogP contribution in [0.4, 0.5) is 0 Å². The highest BCUT2D eigenvalue weighted by atomic mass is 14.0. The van der Waals surface area contributed by atoms with Crippen LogP contribution in [0.25, 0.3) is 0 Å². The lowest BCUT2D eigenvalue weighted by atomic mass is 10.0. The second-order valence-corrected chi connectivity index (χ2v) is 3.09. The molecule has 0 saturated heterocycles. The van der Waals surface area contributed by atoms with Crippen molar-refractivity contribution in [3.63, 3.8) is 0 Å². The third kappa shape index (κ3) is 4.88. The molecule has 0 heterocycles. The molecule has 0 atom stereocenters. The summed E-state index contributed by atoms with van der Waals surface area (Å²) >= 11 is 0. The summed E-state index contributed by atoms with van der Waals surface area (Å²) in [6, 6.07) is 8.52. The summed E-state index contributed by atoms with van der Waals surface area (Å²) in [4.78, 5) is 0. The molecule has 0 heteroatoms. The van der Waals surface area contributed by atoms with Gasteiger partial charge in [0.2, 0.25) is 0 Å². The molecule has 15 heavy (non-hydrogen) atoms. The molecular formula is C15H18. The van der Waals surface area contributed by atoms with Gasteiger partial charge in [-0.2, -0.15) is 0 Å². The van der Waals surface area contributed by atoms with E-state index in [1.807, 2.05) is 12.2 Å². The fraction of sp³-hybridized carbons (Fsp3) is 0.200. The van der Waals surface area contributed by atoms with E-state index in [-0.39, 0.29) is 0 Å². The molecule has 0 saturated carbocycles. The van der Waals surface area contributed by atoms with Crippen LogP contribution < -0.4 is 0 Å². The molecular weight excluding hydrogens is 180 g/mol. The van der Waals surface area contributed by atoms with E-state index in [9.17, 15) is 0 Å². The Balaban J connectivity index is 0.000000921. The molecule has 1 rings (SSSR count). The quantitative estimate of drug-likeness (QED) is 0.499. The van der Waals surface area contributed by atoms with Crippen molar-refractivity contribution in [2.45, 2.75) is 19.3 Å². The van der Waals surface area contributed by atoms with Crippen LogP contribution in [0.5, 0.6) is 0 Å². The average molecular weight is 198 g/mol. The van der Waals surface area contributed by atoms with Crippen molar-refractivity contribution in [1.29, 1.82) is 0 Å². The van der Waals surface area contributed by atoms with Crippen LogP contribution in [-0.4, -0.2) is 0 Å². The van der Waals surface area contributed by atoms with Crippen molar-refractivity contribution in [3.8, 4) is 12.8 Å². The van der Waals surface area contributed by atoms with Gasteiger partial charge in [-0.3, -0.25) is 0 Å². The smallest absolute Gasteiger partial charge is 0.00974 e. The second-order valence-electron chi connectivity index (χ2n) is 3.09. The van der Waals surface area contributed by atoms with Gasteiger partial charge in [-0.1, -0.05) is 36.4 Å². The molecule has 0 fully saturated rings. The Morgan fingerprint density at radius 3 is 2.13 bits per heavy atom. The molecule has 0 aliphatic heterocycles. The molecule has 0 aromatic heterocycles. The summed E-state index contributed by atoms with van der Waals surface area (Å²) < 4.78 is 0. The molecule has 0 spiro atoms. The van der Waals surface area contributed by atoms with Crippen molar-refractivity contribution >= 4 is 0 Å². The number of hydrogen-bond donors (Lipinski definition) is 0. The molecule has 0 N–H and O–H groups in total. The minimum absolute atomic E-state index is 0.966. The van der Waals surface area contributed by atoms with E-state index in [2.05, 4.69) is 50.3 Å². The molecule has 0 aliphatic carbocycles. The fourth-order valence-electron chi connectivity index (χ4n) is 1.41. The zero-order valence-electron chi connectivity index (χ0n) is 9.15. The Bertz CT molecular complexity index is 318. The highest BCUT2D eigenvalue weighted by molar-refractivity contribution is 5.29. The first-order valence-corrected chi connectivity index (χ1v) is 5.00. The van der Waals surface area contributed by atoms with E-state index in [1.165, 1.54) is 11.1 Å². The first kappa shape index (κ1) is 13.3. The summed E-state index contributed by atoms with van der Waals surface area (Å²) in [5.41, 5.74) is 2.81. The lowest BCUT2D eigenvalue weighted by Crippen LogP contribution is -1.91. The van der Waals surface area contributed by atoms with Crippen LogP contribution in [0.3, 0.4) is 0 Å². The van der Waals surface area contributed by atoms with Gasteiger partial charge in [-0.25, -0.2) is 0 Å². The zero-order valence-corrected chi connectivity index (χ0v) is 9.15. The van der Waals surface area contributed by atoms with Gasteiger partial charge >= 0.3 is 0 Å². The number of allylic oxidation sites excluding steroid dienone is 2. The zero-order chi connectivity index (χ0) is 11.5. The molecule has 0 bridgehead atoms. The molecule has 0 unspecified atom stereocenters. The molecule has 0 aliphatic rings. The largest absolute Gasteiger partial charge is 0.124 e. The number of rotatable bonds is 5. The number of terminal acetylenes is 1. The molecule has 0 amide bonds. The van der Waals surface area contributed by atoms with E-state index in [0.29, 0.717) is 0 Å². The lowest BCUT2D eigenvalue weighted by molar-refractivity contribution is 0.978. The van der Waals surface area contributed by atoms with Crippen LogP contribution in [0.15, 0.2) is 49.6 Å². The fourth-order valence-corrected chi connectivity index (χ4v) is 1.41. The summed E-state index contributed by atoms with van der Waals surface area (Å²) in [6.07, 6.45) is 15.0. The minimum Gasteiger partial charge on any atom is -0.124 e. The Hall–Kier alpha value is -1.74. The van der Waals surface area contributed by atoms with Crippen molar-refractivity contribution in [2.75, 3.05) is 0 Å². The summed E-state index contributed by atoms with van der Waals surface area (Å²) in [5.74, 6) is 0. The van der Waals surface area contributed by atoms with Crippen molar-refractivity contribution in [2.24, 2.45) is 0 Å². The summed E-state index contributed by atoms with van der Waals surface area (Å²) in [7, 11) is 0. The van der Waals surface area contributed by atoms with E-state index in [4.69, 9.17) is 0 Å². The number of aryl methyl sites for hydroxylation is 1. The highest BCUT2D eigenvalue weighted by Gasteiger charge is 1.97. The Morgan fingerprint density at radius 1 is 1.00 bits per heavy atom. The molecule has 1 aromatic rings. The average Bonchev–Trinajstić information content (AvgIpc) is 2.31. The maximum absolute atomic E-state index is 4.00. The van der Waals surface area contributed by atoms with Crippen LogP contribution in [0.1, 0.15) is 17.5 Å². The minimum atomic E-state index is 0.966. The standard InChI is InChI=1S/C13H16.C2H2/c1-3-5-9-13-11-7-6-10-12(13)8-4-2;1-2/h3-4,6-7,10-11H,1-2,5,8-9H2;1-2H. The van der Waals surface area contributed by atoms with Gasteiger partial charge in [0.05, 0.1) is 0 Å². The van der Waals surface area contributed by atoms with Crippen LogP contribution >= 0.6 is 0 Å². The summed E-state index contributed by atoms with van der Waals surface area (Å²) in [6.45, 7) is 7.49. The maximum atomic E-state index is 4.00. The van der Waals surface area contributed by atoms with Gasteiger partial charge in [-0.05, 0) is 30.4 Å². The lowest BCUT2D eigenvalue weighted by Gasteiger charge is -2.05. The maximum Gasteiger partial charge on any atom is -0.00974 e. The Labute approximate surface area is 93.3 Å². The molecule has 0 nitrogen and oxygen atoms in total. The van der Waals surface area contributed by atoms with E-state index >= 15 is 0 Å². The van der Waals surface area contributed by atoms with Crippen molar-refractivity contribution < 1.29 is 0 Å². The SMILES string of the molecule is C#C.C=CCCc1ccccc1CC=C. The van der Waals surface area contributed by atoms with E-state index in [0.717, 1.165) is 19.3 Å². The van der Waals surface area contributed by atoms with Crippen molar-refractivity contribution in [3.05, 3.63) is 60.7 Å². The summed E-state index contributed by atoms with van der Waals surface area (Å²) in [5, 5.41) is 0. The first-order chi connectivity index (χ1) is 7.38. The van der Waals surface area contributed by atoms with E-state index < -0.39 is 0 Å². The Morgan fingerprint density at radius 2 is 1.60 bits per heavy atom. The van der Waals surface area contributed by atoms with Gasteiger partial charge in [0.25, 0.3) is 0 Å². The number of benzene rings is 1. The molecule has 0 radical (unpaired) electrons. The Kier molecular flexibility index (Phi) is 7.82. The second kappa shape index (κ2) is 8.84.